The summed E-state index contributed by atoms with van der Waals surface area (Å²) in [5.41, 5.74) is 4.23. The molecular formula is C17H15BrClN7. The molecule has 4 aromatic rings. The lowest BCUT2D eigenvalue weighted by Crippen LogP contribution is -2.07. The van der Waals surface area contributed by atoms with E-state index in [1.807, 2.05) is 40.9 Å². The minimum Gasteiger partial charge on any atom is -0.300 e. The number of imidazole rings is 1. The first-order chi connectivity index (χ1) is 12.2. The zero-order valence-electron chi connectivity index (χ0n) is 13.9. The van der Waals surface area contributed by atoms with E-state index in [0.29, 0.717) is 13.1 Å². The van der Waals surface area contributed by atoms with Gasteiger partial charge in [0.1, 0.15) is 6.54 Å². The minimum absolute atomic E-state index is 0. The number of aromatic nitrogens is 7. The van der Waals surface area contributed by atoms with Crippen molar-refractivity contribution in [3.8, 4) is 17.1 Å². The summed E-state index contributed by atoms with van der Waals surface area (Å²) in [6.45, 7) is 3.21. The van der Waals surface area contributed by atoms with Crippen molar-refractivity contribution < 1.29 is 0 Å². The van der Waals surface area contributed by atoms with Crippen molar-refractivity contribution in [2.24, 2.45) is 0 Å². The third-order valence-electron chi connectivity index (χ3n) is 4.41. The predicted molar refractivity (Wildman–Crippen MR) is 103 cm³/mol. The fraction of sp³-hybridized carbons (Fsp3) is 0.176. The summed E-state index contributed by atoms with van der Waals surface area (Å²) in [5.74, 6) is 1.61. The predicted octanol–water partition coefficient (Wildman–Crippen LogP) is 3.23. The Morgan fingerprint density at radius 3 is 2.96 bits per heavy atom. The van der Waals surface area contributed by atoms with Gasteiger partial charge in [-0.05, 0) is 31.2 Å². The molecule has 0 spiro atoms. The van der Waals surface area contributed by atoms with Crippen LogP contribution in [0.5, 0.6) is 0 Å². The molecule has 1 aliphatic heterocycles. The standard InChI is InChI=1S/C17H14BrN7.ClH/c1-11-15-8-25-17(21-16(22-25)9-23-6-2-5-20-23)13-7-12(18)3-4-14(13)24(15)10-19-11;/h2-7,10H,8-9H2,1H3;1H. The maximum atomic E-state index is 4.80. The van der Waals surface area contributed by atoms with Gasteiger partial charge in [-0.1, -0.05) is 15.9 Å². The lowest BCUT2D eigenvalue weighted by Gasteiger charge is -2.08. The van der Waals surface area contributed by atoms with Crippen LogP contribution in [0, 0.1) is 6.92 Å². The van der Waals surface area contributed by atoms with Crippen molar-refractivity contribution in [3.05, 3.63) is 64.7 Å². The highest BCUT2D eigenvalue weighted by atomic mass is 79.9. The zero-order valence-corrected chi connectivity index (χ0v) is 16.3. The molecule has 1 aliphatic rings. The van der Waals surface area contributed by atoms with Gasteiger partial charge in [0.15, 0.2) is 11.6 Å². The van der Waals surface area contributed by atoms with E-state index in [1.165, 1.54) is 0 Å². The first-order valence-corrected chi connectivity index (χ1v) is 8.72. The van der Waals surface area contributed by atoms with E-state index >= 15 is 0 Å². The number of nitrogens with zero attached hydrogens (tertiary/aromatic N) is 7. The lowest BCUT2D eigenvalue weighted by molar-refractivity contribution is 0.621. The summed E-state index contributed by atoms with van der Waals surface area (Å²) in [7, 11) is 0. The summed E-state index contributed by atoms with van der Waals surface area (Å²) in [6.07, 6.45) is 5.54. The Labute approximate surface area is 164 Å². The lowest BCUT2D eigenvalue weighted by atomic mass is 10.1. The van der Waals surface area contributed by atoms with Gasteiger partial charge in [-0.15, -0.1) is 12.4 Å². The number of fused-ring (bicyclic) bond motifs is 5. The Morgan fingerprint density at radius 1 is 1.27 bits per heavy atom. The maximum absolute atomic E-state index is 4.80. The highest BCUT2D eigenvalue weighted by Crippen LogP contribution is 2.33. The van der Waals surface area contributed by atoms with Crippen LogP contribution in [0.4, 0.5) is 0 Å². The van der Waals surface area contributed by atoms with Gasteiger partial charge in [0.2, 0.25) is 0 Å². The summed E-state index contributed by atoms with van der Waals surface area (Å²) >= 11 is 3.57. The molecule has 132 valence electrons. The highest BCUT2D eigenvalue weighted by molar-refractivity contribution is 9.10. The number of halogens is 2. The summed E-state index contributed by atoms with van der Waals surface area (Å²) in [6, 6.07) is 8.10. The number of hydrogen-bond acceptors (Lipinski definition) is 4. The average molecular weight is 433 g/mol. The van der Waals surface area contributed by atoms with Gasteiger partial charge in [0.25, 0.3) is 0 Å². The number of aryl methyl sites for hydroxylation is 1. The van der Waals surface area contributed by atoms with Crippen molar-refractivity contribution in [2.75, 3.05) is 0 Å². The molecule has 1 aromatic carbocycles. The van der Waals surface area contributed by atoms with Crippen molar-refractivity contribution in [3.63, 3.8) is 0 Å². The first kappa shape index (κ1) is 17.0. The zero-order chi connectivity index (χ0) is 17.0. The Morgan fingerprint density at radius 2 is 2.15 bits per heavy atom. The summed E-state index contributed by atoms with van der Waals surface area (Å²) in [5, 5.41) is 8.96. The third-order valence-corrected chi connectivity index (χ3v) is 4.91. The number of rotatable bonds is 2. The van der Waals surface area contributed by atoms with Crippen LogP contribution in [0.3, 0.4) is 0 Å². The fourth-order valence-electron chi connectivity index (χ4n) is 3.20. The molecule has 3 aromatic heterocycles. The van der Waals surface area contributed by atoms with E-state index in [1.54, 1.807) is 6.20 Å². The second-order valence-electron chi connectivity index (χ2n) is 6.02. The Balaban J connectivity index is 0.00000168. The van der Waals surface area contributed by atoms with Crippen LogP contribution in [0.2, 0.25) is 0 Å². The Hall–Kier alpha value is -2.45. The molecule has 0 atom stereocenters. The molecule has 26 heavy (non-hydrogen) atoms. The SMILES string of the molecule is Cc1ncn2c1Cn1nc(Cn3cccn3)nc1-c1cc(Br)ccc1-2.Cl. The molecule has 0 N–H and O–H groups in total. The molecule has 0 saturated heterocycles. The fourth-order valence-corrected chi connectivity index (χ4v) is 3.57. The van der Waals surface area contributed by atoms with Gasteiger partial charge in [-0.3, -0.25) is 4.68 Å². The largest absolute Gasteiger partial charge is 0.300 e. The van der Waals surface area contributed by atoms with Gasteiger partial charge in [0.05, 0.1) is 29.9 Å². The van der Waals surface area contributed by atoms with Gasteiger partial charge >= 0.3 is 0 Å². The highest BCUT2D eigenvalue weighted by Gasteiger charge is 2.24. The van der Waals surface area contributed by atoms with Crippen molar-refractivity contribution >= 4 is 28.3 Å². The van der Waals surface area contributed by atoms with Crippen LogP contribution in [0.1, 0.15) is 17.2 Å². The van der Waals surface area contributed by atoms with Crippen molar-refractivity contribution in [2.45, 2.75) is 20.0 Å². The smallest absolute Gasteiger partial charge is 0.172 e. The monoisotopic (exact) mass is 431 g/mol. The minimum atomic E-state index is 0. The maximum Gasteiger partial charge on any atom is 0.172 e. The third kappa shape index (κ3) is 2.65. The van der Waals surface area contributed by atoms with Crippen molar-refractivity contribution in [1.29, 1.82) is 0 Å². The molecule has 0 radical (unpaired) electrons. The van der Waals surface area contributed by atoms with Crippen LogP contribution in [-0.2, 0) is 13.1 Å². The number of hydrogen-bond donors (Lipinski definition) is 0. The van der Waals surface area contributed by atoms with Crippen LogP contribution >= 0.6 is 28.3 Å². The van der Waals surface area contributed by atoms with E-state index in [-0.39, 0.29) is 12.4 Å². The normalized spacial score (nSPS) is 11.9. The quantitative estimate of drug-likeness (QED) is 0.429. The van der Waals surface area contributed by atoms with Gasteiger partial charge in [0, 0.05) is 22.4 Å². The molecule has 0 unspecified atom stereocenters. The molecule has 7 nitrogen and oxygen atoms in total. The second-order valence-corrected chi connectivity index (χ2v) is 6.94. The van der Waals surface area contributed by atoms with E-state index in [2.05, 4.69) is 42.7 Å². The molecule has 0 fully saturated rings. The topological polar surface area (TPSA) is 66.3 Å². The molecule has 0 aliphatic carbocycles. The van der Waals surface area contributed by atoms with Crippen LogP contribution < -0.4 is 0 Å². The van der Waals surface area contributed by atoms with Gasteiger partial charge in [-0.2, -0.15) is 10.2 Å². The molecule has 5 rings (SSSR count). The van der Waals surface area contributed by atoms with E-state index in [4.69, 9.17) is 10.1 Å². The Kier molecular flexibility index (Phi) is 4.16. The van der Waals surface area contributed by atoms with Crippen LogP contribution in [0.15, 0.2) is 47.5 Å². The Bertz CT molecular complexity index is 1080. The van der Waals surface area contributed by atoms with Crippen molar-refractivity contribution in [1.82, 2.24) is 34.1 Å². The molecular weight excluding hydrogens is 418 g/mol. The average Bonchev–Trinajstić information content (AvgIpc) is 3.30. The van der Waals surface area contributed by atoms with E-state index < -0.39 is 0 Å². The van der Waals surface area contributed by atoms with Crippen LogP contribution in [-0.4, -0.2) is 34.1 Å². The van der Waals surface area contributed by atoms with E-state index in [9.17, 15) is 0 Å². The van der Waals surface area contributed by atoms with Crippen LogP contribution in [0.25, 0.3) is 17.1 Å². The molecule has 0 amide bonds. The number of benzene rings is 1. The summed E-state index contributed by atoms with van der Waals surface area (Å²) in [4.78, 5) is 9.27. The van der Waals surface area contributed by atoms with Gasteiger partial charge < -0.3 is 4.57 Å². The molecule has 9 heteroatoms. The molecule has 0 saturated carbocycles. The second kappa shape index (κ2) is 6.37. The molecule has 0 bridgehead atoms. The van der Waals surface area contributed by atoms with E-state index in [0.717, 1.165) is 38.8 Å². The van der Waals surface area contributed by atoms with Gasteiger partial charge in [-0.25, -0.2) is 14.6 Å². The first-order valence-electron chi connectivity index (χ1n) is 7.93. The summed E-state index contributed by atoms with van der Waals surface area (Å²) < 4.78 is 6.92. The molecule has 4 heterocycles.